The fourth-order valence-corrected chi connectivity index (χ4v) is 11.2. The molecule has 0 nitrogen and oxygen atoms in total. The van der Waals surface area contributed by atoms with Crippen molar-refractivity contribution in [1.29, 1.82) is 0 Å². The van der Waals surface area contributed by atoms with Gasteiger partial charge in [-0.15, -0.1) is 0 Å². The van der Waals surface area contributed by atoms with Crippen LogP contribution in [-0.2, 0) is 6.42 Å². The molecule has 0 saturated heterocycles. The summed E-state index contributed by atoms with van der Waals surface area (Å²) in [5.41, 5.74) is 16.4. The first-order chi connectivity index (χ1) is 16.0. The second-order valence-electron chi connectivity index (χ2n) is 10.7. The summed E-state index contributed by atoms with van der Waals surface area (Å²) in [5.74, 6) is 0.377. The van der Waals surface area contributed by atoms with Gasteiger partial charge in [-0.3, -0.25) is 0 Å². The first kappa shape index (κ1) is 19.3. The molecule has 3 aromatic carbocycles. The molecule has 3 aromatic rings. The van der Waals surface area contributed by atoms with E-state index in [9.17, 15) is 0 Å². The minimum atomic E-state index is -1.83. The molecule has 1 heteroatoms. The molecule has 4 aliphatic rings. The molecule has 1 aliphatic heterocycles. The fraction of sp³-hybridized carbons (Fsp3) is 0.188. The van der Waals surface area contributed by atoms with Crippen molar-refractivity contribution in [3.8, 4) is 11.1 Å². The van der Waals surface area contributed by atoms with E-state index in [2.05, 4.69) is 106 Å². The maximum Gasteiger partial charge on any atom is 0.114 e. The van der Waals surface area contributed by atoms with Gasteiger partial charge < -0.3 is 0 Å². The number of benzene rings is 3. The molecule has 0 amide bonds. The number of rotatable bonds is 2. The lowest BCUT2D eigenvalue weighted by Crippen LogP contribution is -2.42. The summed E-state index contributed by atoms with van der Waals surface area (Å²) in [4.78, 5) is 0. The molecule has 2 bridgehead atoms. The van der Waals surface area contributed by atoms with Crippen LogP contribution in [0.5, 0.6) is 0 Å². The average Bonchev–Trinajstić information content (AvgIpc) is 3.38. The van der Waals surface area contributed by atoms with Crippen LogP contribution in [-0.4, -0.2) is 8.07 Å². The topological polar surface area (TPSA) is 0 Å². The van der Waals surface area contributed by atoms with Crippen LogP contribution in [0.25, 0.3) is 21.9 Å². The van der Waals surface area contributed by atoms with Crippen molar-refractivity contribution in [3.63, 3.8) is 0 Å². The van der Waals surface area contributed by atoms with Gasteiger partial charge in [-0.2, -0.15) is 0 Å². The van der Waals surface area contributed by atoms with Gasteiger partial charge in [0.05, 0.1) is 0 Å². The third-order valence-corrected chi connectivity index (χ3v) is 11.9. The largest absolute Gasteiger partial charge is 0.114 e. The Morgan fingerprint density at radius 1 is 0.848 bits per heavy atom. The molecule has 0 radical (unpaired) electrons. The second kappa shape index (κ2) is 6.45. The lowest BCUT2D eigenvalue weighted by Gasteiger charge is -2.26. The summed E-state index contributed by atoms with van der Waals surface area (Å²) >= 11 is 0. The quantitative estimate of drug-likeness (QED) is 0.362. The molecule has 0 N–H and O–H groups in total. The molecule has 160 valence electrons. The van der Waals surface area contributed by atoms with Crippen LogP contribution in [0.2, 0.25) is 13.1 Å². The number of fused-ring (bicyclic) bond motifs is 4. The summed E-state index contributed by atoms with van der Waals surface area (Å²) < 4.78 is 0. The number of allylic oxidation sites excluding steroid dienone is 6. The zero-order valence-corrected chi connectivity index (χ0v) is 20.8. The summed E-state index contributed by atoms with van der Waals surface area (Å²) in [6.07, 6.45) is 10.3. The zero-order valence-electron chi connectivity index (χ0n) is 19.8. The van der Waals surface area contributed by atoms with Gasteiger partial charge in [0.1, 0.15) is 8.07 Å². The van der Waals surface area contributed by atoms with E-state index in [0.29, 0.717) is 5.92 Å². The van der Waals surface area contributed by atoms with Crippen LogP contribution in [0.15, 0.2) is 90.0 Å². The van der Waals surface area contributed by atoms with Gasteiger partial charge in [-0.05, 0) is 80.7 Å². The van der Waals surface area contributed by atoms with Gasteiger partial charge in [0.25, 0.3) is 0 Å². The van der Waals surface area contributed by atoms with Crippen LogP contribution in [0, 0.1) is 6.92 Å². The van der Waals surface area contributed by atoms with Crippen LogP contribution in [0.1, 0.15) is 46.2 Å². The molecule has 1 atom stereocenters. The second-order valence-corrected chi connectivity index (χ2v) is 14.9. The predicted molar refractivity (Wildman–Crippen MR) is 144 cm³/mol. The highest BCUT2D eigenvalue weighted by atomic mass is 28.3. The average molecular weight is 441 g/mol. The van der Waals surface area contributed by atoms with Gasteiger partial charge in [-0.1, -0.05) is 103 Å². The van der Waals surface area contributed by atoms with Crippen molar-refractivity contribution in [1.82, 2.24) is 0 Å². The summed E-state index contributed by atoms with van der Waals surface area (Å²) in [6, 6.07) is 20.8. The Bertz CT molecular complexity index is 1510. The fourth-order valence-electron chi connectivity index (χ4n) is 7.13. The molecule has 0 saturated carbocycles. The van der Waals surface area contributed by atoms with Crippen molar-refractivity contribution < 1.29 is 0 Å². The van der Waals surface area contributed by atoms with Crippen LogP contribution in [0.3, 0.4) is 0 Å². The highest BCUT2D eigenvalue weighted by molar-refractivity contribution is 7.08. The van der Waals surface area contributed by atoms with E-state index in [0.717, 1.165) is 6.42 Å². The lowest BCUT2D eigenvalue weighted by molar-refractivity contribution is 1.05. The molecule has 1 unspecified atom stereocenters. The summed E-state index contributed by atoms with van der Waals surface area (Å²) in [7, 11) is -1.83. The Morgan fingerprint density at radius 2 is 1.67 bits per heavy atom. The van der Waals surface area contributed by atoms with E-state index in [1.165, 1.54) is 44.5 Å². The first-order valence-corrected chi connectivity index (χ1v) is 15.1. The van der Waals surface area contributed by atoms with Crippen molar-refractivity contribution >= 4 is 24.0 Å². The van der Waals surface area contributed by atoms with Gasteiger partial charge in [0, 0.05) is 5.92 Å². The maximum atomic E-state index is 2.59. The minimum absolute atomic E-state index is 0.377. The first-order valence-electron chi connectivity index (χ1n) is 12.1. The zero-order chi connectivity index (χ0) is 22.5. The van der Waals surface area contributed by atoms with Crippen LogP contribution < -0.4 is 5.19 Å². The Kier molecular flexibility index (Phi) is 3.78. The minimum Gasteiger partial charge on any atom is -0.0726 e. The smallest absolute Gasteiger partial charge is 0.0726 e. The SMILES string of the molecule is CC1=C2c3c(cc(C4=C5C=CC=CC5c5ccc(C)cc54)c(c3-c3ccccc3)[Si]2(C)C)C1. The normalized spacial score (nSPS) is 20.7. The number of hydrogen-bond donors (Lipinski definition) is 0. The standard InChI is InChI=1S/C32H28Si/c1-19-14-15-24-23-12-8-9-13-25(23)30(26(24)16-19)27-18-22-17-20(2)31-29(22)28(32(27)33(31,3)4)21-10-6-5-7-11-21/h5-16,18,23H,17H2,1-4H3. The Labute approximate surface area is 197 Å². The van der Waals surface area contributed by atoms with Crippen LogP contribution >= 0.6 is 0 Å². The molecule has 1 heterocycles. The van der Waals surface area contributed by atoms with E-state index < -0.39 is 8.07 Å². The van der Waals surface area contributed by atoms with E-state index in [1.54, 1.807) is 27.1 Å². The highest BCUT2D eigenvalue weighted by Crippen LogP contribution is 2.54. The molecular formula is C32H28Si. The molecule has 0 aromatic heterocycles. The Hall–Kier alpha value is -3.16. The van der Waals surface area contributed by atoms with E-state index in [1.807, 2.05) is 0 Å². The van der Waals surface area contributed by atoms with Gasteiger partial charge in [-0.25, -0.2) is 0 Å². The third kappa shape index (κ3) is 2.41. The van der Waals surface area contributed by atoms with Crippen molar-refractivity contribution in [3.05, 3.63) is 123 Å². The van der Waals surface area contributed by atoms with Crippen LogP contribution in [0.4, 0.5) is 0 Å². The molecule has 0 fully saturated rings. The monoisotopic (exact) mass is 440 g/mol. The summed E-state index contributed by atoms with van der Waals surface area (Å²) in [6.45, 7) is 9.78. The molecule has 3 aliphatic carbocycles. The third-order valence-electron chi connectivity index (χ3n) is 8.25. The van der Waals surface area contributed by atoms with Crippen molar-refractivity contribution in [2.24, 2.45) is 0 Å². The molecule has 33 heavy (non-hydrogen) atoms. The predicted octanol–water partition coefficient (Wildman–Crippen LogP) is 7.48. The van der Waals surface area contributed by atoms with E-state index >= 15 is 0 Å². The number of hydrogen-bond acceptors (Lipinski definition) is 0. The van der Waals surface area contributed by atoms with E-state index in [4.69, 9.17) is 0 Å². The van der Waals surface area contributed by atoms with E-state index in [-0.39, 0.29) is 0 Å². The number of aryl methyl sites for hydroxylation is 1. The molecular weight excluding hydrogens is 412 g/mol. The van der Waals surface area contributed by atoms with Crippen molar-refractivity contribution in [2.45, 2.75) is 39.3 Å². The van der Waals surface area contributed by atoms with Gasteiger partial charge >= 0.3 is 0 Å². The Balaban J connectivity index is 1.62. The Morgan fingerprint density at radius 3 is 2.48 bits per heavy atom. The van der Waals surface area contributed by atoms with Gasteiger partial charge in [0.15, 0.2) is 0 Å². The summed E-state index contributed by atoms with van der Waals surface area (Å²) in [5, 5.41) is 3.36. The molecule has 7 rings (SSSR count). The highest BCUT2D eigenvalue weighted by Gasteiger charge is 2.48. The molecule has 0 spiro atoms. The lowest BCUT2D eigenvalue weighted by atomic mass is 9.88. The maximum absolute atomic E-state index is 2.59. The van der Waals surface area contributed by atoms with Crippen molar-refractivity contribution in [2.75, 3.05) is 0 Å². The van der Waals surface area contributed by atoms with Gasteiger partial charge in [0.2, 0.25) is 0 Å².